The normalized spacial score (nSPS) is 14.7. The van der Waals surface area contributed by atoms with Gasteiger partial charge in [-0.05, 0) is 36.2 Å². The van der Waals surface area contributed by atoms with Gasteiger partial charge in [-0.2, -0.15) is 0 Å². The van der Waals surface area contributed by atoms with Crippen LogP contribution < -0.4 is 4.74 Å². The number of ether oxygens (including phenoxy) is 1. The first-order valence-electron chi connectivity index (χ1n) is 6.52. The fraction of sp³-hybridized carbons (Fsp3) is 0.250. The molecule has 0 N–H and O–H groups in total. The number of halogens is 4. The van der Waals surface area contributed by atoms with Gasteiger partial charge < -0.3 is 4.74 Å². The Bertz CT molecular complexity index is 718. The number of fused-ring (bicyclic) bond motifs is 1. The summed E-state index contributed by atoms with van der Waals surface area (Å²) in [6, 6.07) is 6.21. The van der Waals surface area contributed by atoms with Gasteiger partial charge in [0.25, 0.3) is 0 Å². The molecule has 1 aliphatic rings. The topological polar surface area (TPSA) is 9.23 Å². The molecule has 5 heteroatoms. The second-order valence-corrected chi connectivity index (χ2v) is 6.39. The minimum Gasteiger partial charge on any atom is -0.493 e. The number of rotatable bonds is 2. The molecule has 0 saturated heterocycles. The van der Waals surface area contributed by atoms with Crippen molar-refractivity contribution in [3.8, 4) is 5.75 Å². The summed E-state index contributed by atoms with van der Waals surface area (Å²) in [6.45, 7) is 2.16. The Morgan fingerprint density at radius 2 is 2.05 bits per heavy atom. The van der Waals surface area contributed by atoms with E-state index in [0.717, 1.165) is 12.0 Å². The fourth-order valence-electron chi connectivity index (χ4n) is 2.55. The summed E-state index contributed by atoms with van der Waals surface area (Å²) < 4.78 is 34.0. The van der Waals surface area contributed by atoms with E-state index < -0.39 is 16.5 Å². The molecule has 1 unspecified atom stereocenters. The van der Waals surface area contributed by atoms with Crippen molar-refractivity contribution in [3.63, 3.8) is 0 Å². The van der Waals surface area contributed by atoms with Gasteiger partial charge in [0.05, 0.1) is 11.4 Å². The Morgan fingerprint density at radius 3 is 2.81 bits per heavy atom. The van der Waals surface area contributed by atoms with Gasteiger partial charge in [0.1, 0.15) is 17.4 Å². The average molecular weight is 374 g/mol. The quantitative estimate of drug-likeness (QED) is 0.645. The summed E-state index contributed by atoms with van der Waals surface area (Å²) >= 11 is 9.51. The molecule has 2 aromatic carbocycles. The first-order chi connectivity index (χ1) is 9.99. The van der Waals surface area contributed by atoms with Crippen molar-refractivity contribution >= 4 is 27.5 Å². The fourth-order valence-corrected chi connectivity index (χ4v) is 3.56. The third-order valence-electron chi connectivity index (χ3n) is 3.62. The molecule has 0 aliphatic carbocycles. The maximum Gasteiger partial charge on any atom is 0.133 e. The Hall–Kier alpha value is -1.13. The molecule has 1 nitrogen and oxygen atoms in total. The lowest BCUT2D eigenvalue weighted by Crippen LogP contribution is -2.04. The molecule has 0 amide bonds. The lowest BCUT2D eigenvalue weighted by atomic mass is 9.98. The van der Waals surface area contributed by atoms with Crippen LogP contribution in [-0.4, -0.2) is 6.61 Å². The second kappa shape index (κ2) is 5.58. The average Bonchev–Trinajstić information content (AvgIpc) is 2.90. The van der Waals surface area contributed by atoms with Gasteiger partial charge in [-0.1, -0.05) is 33.6 Å². The third-order valence-corrected chi connectivity index (χ3v) is 4.79. The van der Waals surface area contributed by atoms with Gasteiger partial charge in [0.2, 0.25) is 0 Å². The highest BCUT2D eigenvalue weighted by Crippen LogP contribution is 2.44. The molecule has 0 aromatic heterocycles. The first-order valence-corrected chi connectivity index (χ1v) is 7.82. The minimum atomic E-state index is -0.650. The molecule has 110 valence electrons. The minimum absolute atomic E-state index is 0.0185. The van der Waals surface area contributed by atoms with Gasteiger partial charge in [-0.25, -0.2) is 8.78 Å². The van der Waals surface area contributed by atoms with E-state index in [9.17, 15) is 8.78 Å². The maximum atomic E-state index is 14.3. The monoisotopic (exact) mass is 372 g/mol. The van der Waals surface area contributed by atoms with Crippen LogP contribution in [0.3, 0.4) is 0 Å². The van der Waals surface area contributed by atoms with E-state index in [1.165, 1.54) is 12.1 Å². The number of alkyl halides is 1. The van der Waals surface area contributed by atoms with E-state index in [1.807, 2.05) is 6.07 Å². The Labute approximate surface area is 135 Å². The van der Waals surface area contributed by atoms with E-state index in [0.29, 0.717) is 28.5 Å². The smallest absolute Gasteiger partial charge is 0.133 e. The first kappa shape index (κ1) is 14.8. The highest BCUT2D eigenvalue weighted by molar-refractivity contribution is 9.09. The molecule has 0 bridgehead atoms. The second-order valence-electron chi connectivity index (χ2n) is 5.04. The van der Waals surface area contributed by atoms with Crippen LogP contribution in [0.15, 0.2) is 24.3 Å². The van der Waals surface area contributed by atoms with Crippen molar-refractivity contribution in [2.45, 2.75) is 18.2 Å². The Balaban J connectivity index is 2.16. The molecule has 1 atom stereocenters. The molecule has 0 radical (unpaired) electrons. The predicted octanol–water partition coefficient (Wildman–Crippen LogP) is 5.35. The lowest BCUT2D eigenvalue weighted by molar-refractivity contribution is 0.353. The van der Waals surface area contributed by atoms with Crippen LogP contribution in [-0.2, 0) is 6.42 Å². The van der Waals surface area contributed by atoms with Crippen LogP contribution in [0.25, 0.3) is 0 Å². The van der Waals surface area contributed by atoms with Crippen molar-refractivity contribution in [1.29, 1.82) is 0 Å². The van der Waals surface area contributed by atoms with Crippen LogP contribution in [0.5, 0.6) is 5.75 Å². The van der Waals surface area contributed by atoms with E-state index in [-0.39, 0.29) is 5.56 Å². The van der Waals surface area contributed by atoms with Gasteiger partial charge in [0, 0.05) is 22.6 Å². The third kappa shape index (κ3) is 2.55. The van der Waals surface area contributed by atoms with Crippen molar-refractivity contribution in [2.75, 3.05) is 6.61 Å². The summed E-state index contributed by atoms with van der Waals surface area (Å²) in [5, 5.41) is 0.534. The van der Waals surface area contributed by atoms with Crippen molar-refractivity contribution in [2.24, 2.45) is 0 Å². The molecule has 21 heavy (non-hydrogen) atoms. The zero-order chi connectivity index (χ0) is 15.1. The number of benzene rings is 2. The highest BCUT2D eigenvalue weighted by atomic mass is 79.9. The van der Waals surface area contributed by atoms with E-state index in [1.54, 1.807) is 13.0 Å². The van der Waals surface area contributed by atoms with Crippen LogP contribution in [0.2, 0.25) is 5.02 Å². The van der Waals surface area contributed by atoms with Gasteiger partial charge in [0.15, 0.2) is 0 Å². The molecule has 2 aromatic rings. The zero-order valence-corrected chi connectivity index (χ0v) is 13.6. The van der Waals surface area contributed by atoms with Gasteiger partial charge >= 0.3 is 0 Å². The summed E-state index contributed by atoms with van der Waals surface area (Å²) in [6.07, 6.45) is 0.751. The molecule has 3 rings (SSSR count). The Kier molecular flexibility index (Phi) is 3.93. The SMILES string of the molecule is Cc1ccc(F)c(C(Br)c2cc(Cl)cc3c2OCC3)c1F. The van der Waals surface area contributed by atoms with Crippen molar-refractivity contribution in [1.82, 2.24) is 0 Å². The number of aryl methyl sites for hydroxylation is 1. The van der Waals surface area contributed by atoms with Crippen molar-refractivity contribution < 1.29 is 13.5 Å². The van der Waals surface area contributed by atoms with Crippen LogP contribution >= 0.6 is 27.5 Å². The molecule has 1 heterocycles. The largest absolute Gasteiger partial charge is 0.493 e. The summed E-state index contributed by atoms with van der Waals surface area (Å²) in [4.78, 5) is -0.650. The summed E-state index contributed by atoms with van der Waals surface area (Å²) in [7, 11) is 0. The lowest BCUT2D eigenvalue weighted by Gasteiger charge is -2.17. The maximum absolute atomic E-state index is 14.3. The molecule has 0 spiro atoms. The van der Waals surface area contributed by atoms with E-state index in [4.69, 9.17) is 16.3 Å². The predicted molar refractivity (Wildman–Crippen MR) is 82.5 cm³/mol. The molecular weight excluding hydrogens is 362 g/mol. The molecule has 1 aliphatic heterocycles. The van der Waals surface area contributed by atoms with E-state index >= 15 is 0 Å². The van der Waals surface area contributed by atoms with Gasteiger partial charge in [-0.3, -0.25) is 0 Å². The van der Waals surface area contributed by atoms with E-state index in [2.05, 4.69) is 15.9 Å². The zero-order valence-electron chi connectivity index (χ0n) is 11.2. The highest BCUT2D eigenvalue weighted by Gasteiger charge is 2.27. The van der Waals surface area contributed by atoms with Crippen LogP contribution in [0, 0.1) is 18.6 Å². The van der Waals surface area contributed by atoms with Gasteiger partial charge in [-0.15, -0.1) is 0 Å². The Morgan fingerprint density at radius 1 is 1.29 bits per heavy atom. The summed E-state index contributed by atoms with van der Waals surface area (Å²) in [5.41, 5.74) is 2.00. The molecule has 0 fully saturated rings. The number of hydrogen-bond donors (Lipinski definition) is 0. The van der Waals surface area contributed by atoms with Crippen molar-refractivity contribution in [3.05, 3.63) is 63.2 Å². The van der Waals surface area contributed by atoms with Crippen LogP contribution in [0.4, 0.5) is 8.78 Å². The van der Waals surface area contributed by atoms with Crippen LogP contribution in [0.1, 0.15) is 27.1 Å². The summed E-state index contributed by atoms with van der Waals surface area (Å²) in [5.74, 6) is -0.475. The standard InChI is InChI=1S/C16H12BrClF2O/c1-8-2-3-12(19)13(15(8)20)14(17)11-7-10(18)6-9-4-5-21-16(9)11/h2-3,6-7,14H,4-5H2,1H3. The molecular formula is C16H12BrClF2O. The molecule has 0 saturated carbocycles. The number of hydrogen-bond acceptors (Lipinski definition) is 1.